The lowest BCUT2D eigenvalue weighted by atomic mass is 10.1. The highest BCUT2D eigenvalue weighted by molar-refractivity contribution is 7.90. The number of nitrogens with zero attached hydrogens (tertiary/aromatic N) is 6. The van der Waals surface area contributed by atoms with E-state index in [1.54, 1.807) is 42.2 Å². The van der Waals surface area contributed by atoms with Gasteiger partial charge in [-0.15, -0.1) is 0 Å². The van der Waals surface area contributed by atoms with Crippen LogP contribution in [0.4, 0.5) is 31.8 Å². The van der Waals surface area contributed by atoms with Gasteiger partial charge in [-0.2, -0.15) is 10.4 Å². The number of anilines is 4. The van der Waals surface area contributed by atoms with Crippen LogP contribution in [0.2, 0.25) is 0 Å². The van der Waals surface area contributed by atoms with Crippen LogP contribution in [0.5, 0.6) is 0 Å². The molecule has 11 nitrogen and oxygen atoms in total. The Hall–Kier alpha value is -4.90. The molecule has 5 rings (SSSR count). The molecular formula is C25H21F2N9O2S. The maximum Gasteiger partial charge on any atom is 0.295 e. The molecule has 5 aromatic rings. The number of H-pyrrole nitrogens is 1. The van der Waals surface area contributed by atoms with Crippen LogP contribution in [-0.4, -0.2) is 44.4 Å². The lowest BCUT2D eigenvalue weighted by Crippen LogP contribution is -2.05. The third-order valence-electron chi connectivity index (χ3n) is 6.00. The Morgan fingerprint density at radius 2 is 1.85 bits per heavy atom. The van der Waals surface area contributed by atoms with Crippen molar-refractivity contribution >= 4 is 44.0 Å². The number of hydrogen-bond acceptors (Lipinski definition) is 9. The fraction of sp³-hybridized carbons (Fsp3) is 0.160. The third-order valence-corrected chi connectivity index (χ3v) is 7.14. The molecule has 0 amide bonds. The van der Waals surface area contributed by atoms with Crippen LogP contribution in [0, 0.1) is 18.3 Å². The van der Waals surface area contributed by atoms with Gasteiger partial charge in [0, 0.05) is 30.6 Å². The number of sulfone groups is 1. The first-order valence-corrected chi connectivity index (χ1v) is 13.4. The first-order chi connectivity index (χ1) is 18.5. The average molecular weight is 550 g/mol. The van der Waals surface area contributed by atoms with Crippen molar-refractivity contribution < 1.29 is 17.2 Å². The molecule has 39 heavy (non-hydrogen) atoms. The SMILES string of the molecule is Cc1c(-c2ccc(Nc3cc(Nc4cccc(C#N)n4)nc4nc(C(F)F)[nH]c34)c(S(C)(=O)=O)c2)cnn1C. The van der Waals surface area contributed by atoms with Gasteiger partial charge >= 0.3 is 0 Å². The van der Waals surface area contributed by atoms with Crippen molar-refractivity contribution in [2.45, 2.75) is 18.2 Å². The minimum absolute atomic E-state index is 0.000268. The van der Waals surface area contributed by atoms with Crippen LogP contribution < -0.4 is 10.6 Å². The Labute approximate surface area is 221 Å². The van der Waals surface area contributed by atoms with Gasteiger partial charge in [0.25, 0.3) is 6.43 Å². The molecule has 0 aliphatic carbocycles. The van der Waals surface area contributed by atoms with Gasteiger partial charge < -0.3 is 15.6 Å². The third kappa shape index (κ3) is 5.12. The van der Waals surface area contributed by atoms with Crippen molar-refractivity contribution in [2.75, 3.05) is 16.9 Å². The minimum Gasteiger partial charge on any atom is -0.353 e. The van der Waals surface area contributed by atoms with Crippen LogP contribution in [0.15, 0.2) is 53.6 Å². The van der Waals surface area contributed by atoms with Gasteiger partial charge in [0.05, 0.1) is 22.5 Å². The highest BCUT2D eigenvalue weighted by Crippen LogP contribution is 2.35. The van der Waals surface area contributed by atoms with E-state index in [0.717, 1.165) is 17.5 Å². The maximum atomic E-state index is 13.5. The number of aryl methyl sites for hydroxylation is 1. The predicted molar refractivity (Wildman–Crippen MR) is 141 cm³/mol. The van der Waals surface area contributed by atoms with Gasteiger partial charge in [0.15, 0.2) is 21.3 Å². The molecule has 198 valence electrons. The summed E-state index contributed by atoms with van der Waals surface area (Å²) >= 11 is 0. The van der Waals surface area contributed by atoms with E-state index in [0.29, 0.717) is 11.4 Å². The van der Waals surface area contributed by atoms with E-state index in [-0.39, 0.29) is 38.9 Å². The number of imidazole rings is 1. The number of aromatic nitrogens is 6. The number of halogens is 2. The number of hydrogen-bond donors (Lipinski definition) is 3. The molecular weight excluding hydrogens is 528 g/mol. The van der Waals surface area contributed by atoms with Gasteiger partial charge in [-0.1, -0.05) is 12.1 Å². The van der Waals surface area contributed by atoms with Crippen LogP contribution in [-0.2, 0) is 16.9 Å². The van der Waals surface area contributed by atoms with Crippen LogP contribution >= 0.6 is 0 Å². The fourth-order valence-corrected chi connectivity index (χ4v) is 4.86. The highest BCUT2D eigenvalue weighted by Gasteiger charge is 2.21. The number of benzene rings is 1. The summed E-state index contributed by atoms with van der Waals surface area (Å²) < 4.78 is 54.2. The predicted octanol–water partition coefficient (Wildman–Crippen LogP) is 4.76. The van der Waals surface area contributed by atoms with E-state index in [1.165, 1.54) is 18.2 Å². The zero-order valence-electron chi connectivity index (χ0n) is 20.9. The van der Waals surface area contributed by atoms with E-state index in [4.69, 9.17) is 5.26 Å². The van der Waals surface area contributed by atoms with E-state index in [9.17, 15) is 17.2 Å². The molecule has 3 N–H and O–H groups in total. The van der Waals surface area contributed by atoms with Crippen LogP contribution in [0.1, 0.15) is 23.6 Å². The van der Waals surface area contributed by atoms with Crippen molar-refractivity contribution in [2.24, 2.45) is 7.05 Å². The zero-order valence-corrected chi connectivity index (χ0v) is 21.7. The summed E-state index contributed by atoms with van der Waals surface area (Å²) in [5.74, 6) is -0.110. The summed E-state index contributed by atoms with van der Waals surface area (Å²) in [6.45, 7) is 1.87. The molecule has 4 aromatic heterocycles. The topological polar surface area (TPSA) is 154 Å². The van der Waals surface area contributed by atoms with E-state index in [2.05, 4.69) is 35.7 Å². The van der Waals surface area contributed by atoms with Crippen molar-refractivity contribution in [3.8, 4) is 17.2 Å². The molecule has 1 aromatic carbocycles. The molecule has 0 fully saturated rings. The number of rotatable bonds is 7. The van der Waals surface area contributed by atoms with Crippen molar-refractivity contribution in [3.63, 3.8) is 0 Å². The number of nitriles is 1. The number of nitrogens with one attached hydrogen (secondary N) is 3. The quantitative estimate of drug-likeness (QED) is 0.261. The summed E-state index contributed by atoms with van der Waals surface area (Å²) in [4.78, 5) is 14.9. The lowest BCUT2D eigenvalue weighted by molar-refractivity contribution is 0.142. The lowest BCUT2D eigenvalue weighted by Gasteiger charge is -2.14. The minimum atomic E-state index is -3.73. The van der Waals surface area contributed by atoms with Crippen LogP contribution in [0.3, 0.4) is 0 Å². The van der Waals surface area contributed by atoms with Crippen LogP contribution in [0.25, 0.3) is 22.3 Å². The fourth-order valence-electron chi connectivity index (χ4n) is 4.00. The summed E-state index contributed by atoms with van der Waals surface area (Å²) in [5.41, 5.74) is 3.04. The smallest absolute Gasteiger partial charge is 0.295 e. The monoisotopic (exact) mass is 549 g/mol. The van der Waals surface area contributed by atoms with Crippen molar-refractivity contribution in [1.29, 1.82) is 5.26 Å². The second kappa shape index (κ2) is 9.76. The molecule has 0 unspecified atom stereocenters. The molecule has 0 radical (unpaired) electrons. The number of fused-ring (bicyclic) bond motifs is 1. The molecule has 0 aliphatic heterocycles. The molecule has 0 spiro atoms. The first-order valence-electron chi connectivity index (χ1n) is 11.5. The summed E-state index contributed by atoms with van der Waals surface area (Å²) in [6.07, 6.45) is -0.146. The van der Waals surface area contributed by atoms with E-state index < -0.39 is 22.1 Å². The molecule has 0 saturated heterocycles. The highest BCUT2D eigenvalue weighted by atomic mass is 32.2. The number of aromatic amines is 1. The largest absolute Gasteiger partial charge is 0.353 e. The molecule has 0 saturated carbocycles. The Morgan fingerprint density at radius 1 is 1.05 bits per heavy atom. The van der Waals surface area contributed by atoms with Gasteiger partial charge in [-0.05, 0) is 36.8 Å². The number of alkyl halides is 2. The molecule has 0 atom stereocenters. The van der Waals surface area contributed by atoms with Crippen molar-refractivity contribution in [3.05, 3.63) is 65.9 Å². The van der Waals surface area contributed by atoms with Crippen molar-refractivity contribution in [1.82, 2.24) is 29.7 Å². The summed E-state index contributed by atoms with van der Waals surface area (Å²) in [6, 6.07) is 13.1. The maximum absolute atomic E-state index is 13.5. The van der Waals surface area contributed by atoms with Gasteiger partial charge in [-0.3, -0.25) is 4.68 Å². The zero-order chi connectivity index (χ0) is 27.9. The first kappa shape index (κ1) is 25.7. The average Bonchev–Trinajstić information content (AvgIpc) is 3.47. The second-order valence-electron chi connectivity index (χ2n) is 8.70. The normalized spacial score (nSPS) is 11.6. The summed E-state index contributed by atoms with van der Waals surface area (Å²) in [5, 5.41) is 19.3. The molecule has 0 bridgehead atoms. The van der Waals surface area contributed by atoms with Gasteiger partial charge in [0.2, 0.25) is 0 Å². The molecule has 14 heteroatoms. The Morgan fingerprint density at radius 3 is 2.51 bits per heavy atom. The molecule has 4 heterocycles. The second-order valence-corrected chi connectivity index (χ2v) is 10.7. The standard InChI is InChI=1S/C25H21F2N9O2S/c1-13-16(12-29-36(13)2)14-7-8-17(19(9-14)39(3,37)38)31-18-10-21(32-20-6-4-5-15(11-28)30-20)33-24-22(18)34-25(35-24)23(26)27/h4-10,12,23H,1-3H3,(H3,30,31,32,33,34,35). The Balaban J connectivity index is 1.62. The Kier molecular flexibility index (Phi) is 6.44. The number of pyridine rings is 2. The molecule has 0 aliphatic rings. The summed E-state index contributed by atoms with van der Waals surface area (Å²) in [7, 11) is -1.94. The van der Waals surface area contributed by atoms with Gasteiger partial charge in [-0.25, -0.2) is 32.2 Å². The Bertz CT molecular complexity index is 1870. The van der Waals surface area contributed by atoms with E-state index >= 15 is 0 Å². The van der Waals surface area contributed by atoms with Gasteiger partial charge in [0.1, 0.15) is 28.9 Å². The van der Waals surface area contributed by atoms with E-state index in [1.807, 2.05) is 13.0 Å².